The van der Waals surface area contributed by atoms with Gasteiger partial charge in [-0.25, -0.2) is 4.39 Å². The van der Waals surface area contributed by atoms with Gasteiger partial charge in [0.1, 0.15) is 5.82 Å². The maximum Gasteiger partial charge on any atom is 0.268 e. The summed E-state index contributed by atoms with van der Waals surface area (Å²) in [6, 6.07) is 7.56. The van der Waals surface area contributed by atoms with E-state index in [1.807, 2.05) is 13.0 Å². The lowest BCUT2D eigenvalue weighted by molar-refractivity contribution is -0.117. The van der Waals surface area contributed by atoms with Crippen LogP contribution in [0.15, 0.2) is 30.3 Å². The molecule has 2 N–H and O–H groups in total. The Bertz CT molecular complexity index is 725. The Morgan fingerprint density at radius 1 is 1.25 bits per heavy atom. The first-order valence-corrected chi connectivity index (χ1v) is 8.69. The van der Waals surface area contributed by atoms with Crippen LogP contribution in [-0.2, 0) is 11.2 Å². The molecule has 0 fully saturated rings. The molecule has 1 heterocycles. The van der Waals surface area contributed by atoms with E-state index in [-0.39, 0.29) is 24.7 Å². The van der Waals surface area contributed by atoms with Gasteiger partial charge in [0.15, 0.2) is 0 Å². The van der Waals surface area contributed by atoms with E-state index in [4.69, 9.17) is 5.73 Å². The van der Waals surface area contributed by atoms with Crippen LogP contribution in [0.25, 0.3) is 0 Å². The van der Waals surface area contributed by atoms with Crippen molar-refractivity contribution in [2.45, 2.75) is 33.1 Å². The number of rotatable bonds is 7. The first-order chi connectivity index (χ1) is 11.4. The molecule has 0 bridgehead atoms. The maximum absolute atomic E-state index is 13.2. The van der Waals surface area contributed by atoms with Crippen molar-refractivity contribution in [1.82, 2.24) is 0 Å². The molecular formula is C18H21FN2O2S. The molecule has 0 saturated heterocycles. The predicted molar refractivity (Wildman–Crippen MR) is 94.9 cm³/mol. The van der Waals surface area contributed by atoms with Crippen molar-refractivity contribution >= 4 is 28.8 Å². The van der Waals surface area contributed by atoms with Gasteiger partial charge < -0.3 is 10.6 Å². The fourth-order valence-corrected chi connectivity index (χ4v) is 3.49. The Balaban J connectivity index is 2.31. The van der Waals surface area contributed by atoms with Gasteiger partial charge in [0.05, 0.1) is 4.88 Å². The summed E-state index contributed by atoms with van der Waals surface area (Å²) in [6.07, 6.45) is 1.98. The van der Waals surface area contributed by atoms with Crippen molar-refractivity contribution in [3.63, 3.8) is 0 Å². The molecule has 2 rings (SSSR count). The van der Waals surface area contributed by atoms with Gasteiger partial charge in [-0.1, -0.05) is 13.3 Å². The van der Waals surface area contributed by atoms with Gasteiger partial charge >= 0.3 is 0 Å². The molecule has 4 nitrogen and oxygen atoms in total. The molecular weight excluding hydrogens is 327 g/mol. The smallest absolute Gasteiger partial charge is 0.268 e. The summed E-state index contributed by atoms with van der Waals surface area (Å²) < 4.78 is 13.2. The van der Waals surface area contributed by atoms with E-state index in [2.05, 4.69) is 6.92 Å². The van der Waals surface area contributed by atoms with Gasteiger partial charge in [-0.2, -0.15) is 0 Å². The summed E-state index contributed by atoms with van der Waals surface area (Å²) in [6.45, 7) is 4.26. The van der Waals surface area contributed by atoms with Gasteiger partial charge in [-0.3, -0.25) is 9.59 Å². The molecule has 0 aliphatic rings. The number of hydrogen-bond acceptors (Lipinski definition) is 3. The number of nitrogens with zero attached hydrogens (tertiary/aromatic N) is 1. The van der Waals surface area contributed by atoms with Gasteiger partial charge in [0, 0.05) is 23.5 Å². The number of hydrogen-bond donors (Lipinski definition) is 1. The van der Waals surface area contributed by atoms with Crippen LogP contribution < -0.4 is 10.6 Å². The minimum atomic E-state index is -0.482. The van der Waals surface area contributed by atoms with Crippen molar-refractivity contribution in [3.05, 3.63) is 51.5 Å². The van der Waals surface area contributed by atoms with E-state index in [1.165, 1.54) is 46.1 Å². The lowest BCUT2D eigenvalue weighted by Crippen LogP contribution is -2.33. The van der Waals surface area contributed by atoms with Crippen LogP contribution in [0.3, 0.4) is 0 Å². The van der Waals surface area contributed by atoms with Gasteiger partial charge in [0.2, 0.25) is 5.91 Å². The zero-order valence-electron chi connectivity index (χ0n) is 13.8. The molecule has 24 heavy (non-hydrogen) atoms. The number of benzene rings is 1. The van der Waals surface area contributed by atoms with E-state index < -0.39 is 5.91 Å². The van der Waals surface area contributed by atoms with Gasteiger partial charge in [-0.15, -0.1) is 11.3 Å². The van der Waals surface area contributed by atoms with Crippen LogP contribution in [-0.4, -0.2) is 18.4 Å². The molecule has 0 unspecified atom stereocenters. The quantitative estimate of drug-likeness (QED) is 0.830. The lowest BCUT2D eigenvalue weighted by Gasteiger charge is -2.21. The number of anilines is 1. The molecule has 1 aromatic heterocycles. The monoisotopic (exact) mass is 348 g/mol. The summed E-state index contributed by atoms with van der Waals surface area (Å²) in [5.74, 6) is -1.06. The van der Waals surface area contributed by atoms with Crippen LogP contribution in [0.1, 0.15) is 39.9 Å². The fraction of sp³-hybridized carbons (Fsp3) is 0.333. The summed E-state index contributed by atoms with van der Waals surface area (Å²) in [5, 5.41) is 0. The first kappa shape index (κ1) is 18.1. The second-order valence-corrected chi connectivity index (χ2v) is 6.85. The second-order valence-electron chi connectivity index (χ2n) is 5.59. The Kier molecular flexibility index (Phi) is 6.09. The van der Waals surface area contributed by atoms with Crippen LogP contribution in [0.2, 0.25) is 0 Å². The molecule has 0 aliphatic heterocycles. The summed E-state index contributed by atoms with van der Waals surface area (Å²) in [5.41, 5.74) is 6.93. The minimum absolute atomic E-state index is 0.0509. The van der Waals surface area contributed by atoms with Crippen LogP contribution in [0.5, 0.6) is 0 Å². The van der Waals surface area contributed by atoms with Crippen molar-refractivity contribution < 1.29 is 14.0 Å². The molecule has 128 valence electrons. The molecule has 2 amide bonds. The van der Waals surface area contributed by atoms with Crippen LogP contribution in [0, 0.1) is 12.7 Å². The molecule has 0 atom stereocenters. The van der Waals surface area contributed by atoms with Gasteiger partial charge in [0.25, 0.3) is 5.91 Å². The number of aryl methyl sites for hydroxylation is 2. The zero-order valence-corrected chi connectivity index (χ0v) is 14.7. The Morgan fingerprint density at radius 3 is 2.50 bits per heavy atom. The number of carbonyl (C=O) groups is 2. The Labute approximate surface area is 145 Å². The van der Waals surface area contributed by atoms with Crippen LogP contribution >= 0.6 is 11.3 Å². The van der Waals surface area contributed by atoms with Crippen molar-refractivity contribution in [1.29, 1.82) is 0 Å². The molecule has 0 spiro atoms. The second kappa shape index (κ2) is 8.06. The predicted octanol–water partition coefficient (Wildman–Crippen LogP) is 3.67. The number of carbonyl (C=O) groups excluding carboxylic acids is 2. The first-order valence-electron chi connectivity index (χ1n) is 7.87. The third kappa shape index (κ3) is 4.41. The van der Waals surface area contributed by atoms with E-state index in [1.54, 1.807) is 0 Å². The SMILES string of the molecule is CCCc1cc(C(=O)N(CCC(N)=O)c2ccc(F)cc2)sc1C. The lowest BCUT2D eigenvalue weighted by atomic mass is 10.1. The minimum Gasteiger partial charge on any atom is -0.370 e. The third-order valence-electron chi connectivity index (χ3n) is 3.72. The van der Waals surface area contributed by atoms with Crippen molar-refractivity contribution in [2.75, 3.05) is 11.4 Å². The number of thiophene rings is 1. The summed E-state index contributed by atoms with van der Waals surface area (Å²) >= 11 is 1.44. The number of primary amides is 1. The Morgan fingerprint density at radius 2 is 1.92 bits per heavy atom. The van der Waals surface area contributed by atoms with E-state index in [9.17, 15) is 14.0 Å². The van der Waals surface area contributed by atoms with Crippen molar-refractivity contribution in [2.24, 2.45) is 5.73 Å². The summed E-state index contributed by atoms with van der Waals surface area (Å²) in [4.78, 5) is 27.2. The maximum atomic E-state index is 13.2. The normalized spacial score (nSPS) is 10.6. The number of halogens is 1. The van der Waals surface area contributed by atoms with Gasteiger partial charge in [-0.05, 0) is 49.2 Å². The Hall–Kier alpha value is -2.21. The number of nitrogens with two attached hydrogens (primary N) is 1. The molecule has 0 radical (unpaired) electrons. The highest BCUT2D eigenvalue weighted by molar-refractivity contribution is 7.14. The fourth-order valence-electron chi connectivity index (χ4n) is 2.47. The highest BCUT2D eigenvalue weighted by atomic mass is 32.1. The van der Waals surface area contributed by atoms with E-state index in [0.717, 1.165) is 17.7 Å². The zero-order chi connectivity index (χ0) is 17.7. The van der Waals surface area contributed by atoms with E-state index >= 15 is 0 Å². The van der Waals surface area contributed by atoms with Crippen LogP contribution in [0.4, 0.5) is 10.1 Å². The highest BCUT2D eigenvalue weighted by Gasteiger charge is 2.21. The average Bonchev–Trinajstić information content (AvgIpc) is 2.90. The number of amides is 2. The third-order valence-corrected chi connectivity index (χ3v) is 4.80. The molecule has 0 saturated carbocycles. The molecule has 6 heteroatoms. The average molecular weight is 348 g/mol. The molecule has 2 aromatic rings. The summed E-state index contributed by atoms with van der Waals surface area (Å²) in [7, 11) is 0. The van der Waals surface area contributed by atoms with E-state index in [0.29, 0.717) is 10.6 Å². The highest BCUT2D eigenvalue weighted by Crippen LogP contribution is 2.26. The molecule has 0 aliphatic carbocycles. The standard InChI is InChI=1S/C18H21FN2O2S/c1-3-4-13-11-16(24-12(13)2)18(23)21(10-9-17(20)22)15-7-5-14(19)6-8-15/h5-8,11H,3-4,9-10H2,1-2H3,(H2,20,22). The topological polar surface area (TPSA) is 63.4 Å². The molecule has 1 aromatic carbocycles. The largest absolute Gasteiger partial charge is 0.370 e. The van der Waals surface area contributed by atoms with Crippen molar-refractivity contribution in [3.8, 4) is 0 Å².